The fraction of sp³-hybridized carbons (Fsp3) is 0.286. The van der Waals surface area contributed by atoms with Crippen molar-refractivity contribution in [2.45, 2.75) is 18.9 Å². The molecule has 0 radical (unpaired) electrons. The lowest BCUT2D eigenvalue weighted by Gasteiger charge is -2.18. The molecule has 1 aliphatic heterocycles. The number of amides is 1. The molecule has 1 aromatic carbocycles. The van der Waals surface area contributed by atoms with Crippen LogP contribution in [0.1, 0.15) is 26.6 Å². The zero-order valence-electron chi connectivity index (χ0n) is 14.9. The summed E-state index contributed by atoms with van der Waals surface area (Å²) in [6.07, 6.45) is 5.20. The van der Waals surface area contributed by atoms with E-state index >= 15 is 0 Å². The number of nitrogens with zero attached hydrogens (tertiary/aromatic N) is 2. The highest BCUT2D eigenvalue weighted by Gasteiger charge is 2.30. The van der Waals surface area contributed by atoms with Gasteiger partial charge in [0.2, 0.25) is 0 Å². The van der Waals surface area contributed by atoms with Gasteiger partial charge in [0, 0.05) is 30.1 Å². The molecule has 1 N–H and O–H groups in total. The summed E-state index contributed by atoms with van der Waals surface area (Å²) in [6, 6.07) is 14.2. The van der Waals surface area contributed by atoms with Gasteiger partial charge >= 0.3 is 0 Å². The molecule has 0 aliphatic carbocycles. The monoisotopic (exact) mass is 379 g/mol. The van der Waals surface area contributed by atoms with Crippen molar-refractivity contribution < 1.29 is 9.53 Å². The Hall–Kier alpha value is -2.57. The van der Waals surface area contributed by atoms with E-state index in [1.54, 1.807) is 12.4 Å². The van der Waals surface area contributed by atoms with Gasteiger partial charge in [0.15, 0.2) is 0 Å². The minimum atomic E-state index is -0.124. The van der Waals surface area contributed by atoms with Gasteiger partial charge in [0.05, 0.1) is 24.3 Å². The maximum absolute atomic E-state index is 12.6. The largest absolute Gasteiger partial charge is 0.379 e. The highest BCUT2D eigenvalue weighted by molar-refractivity contribution is 7.09. The van der Waals surface area contributed by atoms with E-state index in [-0.39, 0.29) is 17.9 Å². The maximum Gasteiger partial charge on any atom is 0.271 e. The molecule has 3 aromatic rings. The Bertz CT molecular complexity index is 883. The molecule has 2 aromatic heterocycles. The van der Waals surface area contributed by atoms with Gasteiger partial charge < -0.3 is 10.1 Å². The Balaban J connectivity index is 1.37. The van der Waals surface area contributed by atoms with Crippen LogP contribution in [0.15, 0.2) is 60.2 Å². The lowest BCUT2D eigenvalue weighted by atomic mass is 9.95. The van der Waals surface area contributed by atoms with Crippen molar-refractivity contribution in [1.29, 1.82) is 0 Å². The van der Waals surface area contributed by atoms with Gasteiger partial charge in [0.25, 0.3) is 5.91 Å². The molecule has 2 atom stereocenters. The Morgan fingerprint density at radius 3 is 2.74 bits per heavy atom. The standard InChI is InChI=1S/C21H21N3O2S/c25-21(19-14-27-20(23-19)11-15-4-2-1-3-5-15)24-18-13-26-12-17(18)10-16-6-8-22-9-7-16/h1-9,14,17-18H,10-13H2,(H,24,25)/t17-,18+/m1/s1. The minimum Gasteiger partial charge on any atom is -0.379 e. The van der Waals surface area contributed by atoms with Crippen LogP contribution in [0.5, 0.6) is 0 Å². The Morgan fingerprint density at radius 2 is 1.93 bits per heavy atom. The first-order valence-electron chi connectivity index (χ1n) is 9.04. The third-order valence-electron chi connectivity index (χ3n) is 4.74. The Morgan fingerprint density at radius 1 is 1.11 bits per heavy atom. The average Bonchev–Trinajstić information content (AvgIpc) is 3.33. The van der Waals surface area contributed by atoms with Crippen LogP contribution in [0.3, 0.4) is 0 Å². The predicted octanol–water partition coefficient (Wildman–Crippen LogP) is 3.12. The number of rotatable bonds is 6. The molecule has 5 nitrogen and oxygen atoms in total. The lowest BCUT2D eigenvalue weighted by Crippen LogP contribution is -2.40. The van der Waals surface area contributed by atoms with Crippen molar-refractivity contribution in [1.82, 2.24) is 15.3 Å². The third kappa shape index (κ3) is 4.59. The highest BCUT2D eigenvalue weighted by atomic mass is 32.1. The first kappa shape index (κ1) is 17.8. The van der Waals surface area contributed by atoms with Crippen molar-refractivity contribution in [3.63, 3.8) is 0 Å². The van der Waals surface area contributed by atoms with E-state index < -0.39 is 0 Å². The molecular weight excluding hydrogens is 358 g/mol. The van der Waals surface area contributed by atoms with Gasteiger partial charge in [-0.1, -0.05) is 30.3 Å². The van der Waals surface area contributed by atoms with E-state index in [1.807, 2.05) is 35.7 Å². The molecule has 27 heavy (non-hydrogen) atoms. The number of pyridine rings is 1. The molecule has 0 saturated carbocycles. The SMILES string of the molecule is O=C(N[C@H]1COC[C@H]1Cc1ccncc1)c1csc(Cc2ccccc2)n1. The van der Waals surface area contributed by atoms with Gasteiger partial charge in [-0.05, 0) is 29.7 Å². The number of hydrogen-bond donors (Lipinski definition) is 1. The molecule has 138 valence electrons. The molecule has 4 rings (SSSR count). The summed E-state index contributed by atoms with van der Waals surface area (Å²) in [5.74, 6) is 0.138. The number of carbonyl (C=O) groups excluding carboxylic acids is 1. The molecular formula is C21H21N3O2S. The van der Waals surface area contributed by atoms with Crippen LogP contribution in [0, 0.1) is 5.92 Å². The molecule has 0 unspecified atom stereocenters. The van der Waals surface area contributed by atoms with Crippen LogP contribution in [-0.2, 0) is 17.6 Å². The number of thiazole rings is 1. The smallest absolute Gasteiger partial charge is 0.271 e. The summed E-state index contributed by atoms with van der Waals surface area (Å²) < 4.78 is 5.61. The van der Waals surface area contributed by atoms with Crippen molar-refractivity contribution >= 4 is 17.2 Å². The topological polar surface area (TPSA) is 64.1 Å². The number of carbonyl (C=O) groups is 1. The first-order chi connectivity index (χ1) is 13.3. The summed E-state index contributed by atoms with van der Waals surface area (Å²) in [7, 11) is 0. The van der Waals surface area contributed by atoms with E-state index in [2.05, 4.69) is 27.4 Å². The van der Waals surface area contributed by atoms with Gasteiger partial charge in [-0.25, -0.2) is 4.98 Å². The van der Waals surface area contributed by atoms with Gasteiger partial charge in [-0.15, -0.1) is 11.3 Å². The van der Waals surface area contributed by atoms with Crippen molar-refractivity contribution in [2.24, 2.45) is 5.92 Å². The molecule has 3 heterocycles. The Kier molecular flexibility index (Phi) is 5.55. The summed E-state index contributed by atoms with van der Waals surface area (Å²) in [4.78, 5) is 21.2. The van der Waals surface area contributed by atoms with E-state index in [0.29, 0.717) is 18.9 Å². The van der Waals surface area contributed by atoms with Gasteiger partial charge in [0.1, 0.15) is 5.69 Å². The number of benzene rings is 1. The predicted molar refractivity (Wildman–Crippen MR) is 105 cm³/mol. The first-order valence-corrected chi connectivity index (χ1v) is 9.92. The van der Waals surface area contributed by atoms with Crippen LogP contribution in [0.4, 0.5) is 0 Å². The number of aromatic nitrogens is 2. The van der Waals surface area contributed by atoms with E-state index in [0.717, 1.165) is 17.8 Å². The average molecular weight is 379 g/mol. The molecule has 1 amide bonds. The van der Waals surface area contributed by atoms with Crippen LogP contribution < -0.4 is 5.32 Å². The van der Waals surface area contributed by atoms with Crippen molar-refractivity contribution in [2.75, 3.05) is 13.2 Å². The van der Waals surface area contributed by atoms with Crippen LogP contribution in [0.25, 0.3) is 0 Å². The highest BCUT2D eigenvalue weighted by Crippen LogP contribution is 2.20. The fourth-order valence-corrected chi connectivity index (χ4v) is 4.10. The molecule has 6 heteroatoms. The zero-order chi connectivity index (χ0) is 18.5. The number of nitrogens with one attached hydrogen (secondary N) is 1. The molecule has 0 spiro atoms. The van der Waals surface area contributed by atoms with E-state index in [4.69, 9.17) is 4.74 Å². The van der Waals surface area contributed by atoms with Crippen molar-refractivity contribution in [3.05, 3.63) is 82.1 Å². The van der Waals surface area contributed by atoms with Crippen LogP contribution in [0.2, 0.25) is 0 Å². The number of hydrogen-bond acceptors (Lipinski definition) is 5. The zero-order valence-corrected chi connectivity index (χ0v) is 15.7. The summed E-state index contributed by atoms with van der Waals surface area (Å²) in [5, 5.41) is 5.89. The molecule has 1 aliphatic rings. The van der Waals surface area contributed by atoms with Gasteiger partial charge in [-0.2, -0.15) is 0 Å². The lowest BCUT2D eigenvalue weighted by molar-refractivity contribution is 0.0920. The summed E-state index contributed by atoms with van der Waals surface area (Å²) >= 11 is 1.52. The fourth-order valence-electron chi connectivity index (χ4n) is 3.29. The number of ether oxygens (including phenoxy) is 1. The second-order valence-electron chi connectivity index (χ2n) is 6.73. The quantitative estimate of drug-likeness (QED) is 0.715. The maximum atomic E-state index is 12.6. The van der Waals surface area contributed by atoms with E-state index in [9.17, 15) is 4.79 Å². The minimum absolute atomic E-state index is 0.00457. The van der Waals surface area contributed by atoms with Crippen LogP contribution in [-0.4, -0.2) is 35.1 Å². The molecule has 1 fully saturated rings. The summed E-state index contributed by atoms with van der Waals surface area (Å²) in [5.41, 5.74) is 2.89. The summed E-state index contributed by atoms with van der Waals surface area (Å²) in [6.45, 7) is 1.20. The molecule has 0 bridgehead atoms. The Labute approximate surface area is 162 Å². The normalized spacial score (nSPS) is 19.1. The van der Waals surface area contributed by atoms with Crippen molar-refractivity contribution in [3.8, 4) is 0 Å². The van der Waals surface area contributed by atoms with Gasteiger partial charge in [-0.3, -0.25) is 9.78 Å². The molecule has 1 saturated heterocycles. The second kappa shape index (κ2) is 8.41. The third-order valence-corrected chi connectivity index (χ3v) is 5.59. The van der Waals surface area contributed by atoms with E-state index in [1.165, 1.54) is 22.5 Å². The second-order valence-corrected chi connectivity index (χ2v) is 7.67. The van der Waals surface area contributed by atoms with Crippen LogP contribution >= 0.6 is 11.3 Å².